The van der Waals surface area contributed by atoms with Gasteiger partial charge >= 0.3 is 7.05 Å². The van der Waals surface area contributed by atoms with Gasteiger partial charge in [0.05, 0.1) is 11.3 Å². The summed E-state index contributed by atoms with van der Waals surface area (Å²) in [6.45, 7) is 0. The van der Waals surface area contributed by atoms with E-state index in [1.165, 1.54) is 12.8 Å². The maximum absolute atomic E-state index is 10.9. The van der Waals surface area contributed by atoms with E-state index in [9.17, 15) is 10.1 Å². The first-order valence-electron chi connectivity index (χ1n) is 9.31. The van der Waals surface area contributed by atoms with E-state index in [-0.39, 0.29) is 0 Å². The number of aromatic nitrogens is 2. The van der Waals surface area contributed by atoms with E-state index in [4.69, 9.17) is 0 Å². The SMILES string of the molecule is OB1NN=C(C2[C@@H]3CC4C[C@H]2CC(O)(C4)C3)c2c1cnc1[nH]ccc21. The molecule has 5 atom stereocenters. The first-order chi connectivity index (χ1) is 12.1. The Balaban J connectivity index is 1.51. The molecule has 7 heteroatoms. The number of fused-ring (bicyclic) bond motifs is 3. The van der Waals surface area contributed by atoms with Crippen molar-refractivity contribution in [3.63, 3.8) is 0 Å². The fraction of sp³-hybridized carbons (Fsp3) is 0.556. The van der Waals surface area contributed by atoms with Gasteiger partial charge in [-0.3, -0.25) is 0 Å². The van der Waals surface area contributed by atoms with Crippen molar-refractivity contribution in [2.75, 3.05) is 0 Å². The van der Waals surface area contributed by atoms with Crippen molar-refractivity contribution >= 4 is 29.3 Å². The van der Waals surface area contributed by atoms with Gasteiger partial charge in [0, 0.05) is 34.7 Å². The molecule has 4 N–H and O–H groups in total. The average molecular weight is 336 g/mol. The smallest absolute Gasteiger partial charge is 0.428 e. The van der Waals surface area contributed by atoms with Gasteiger partial charge in [-0.05, 0) is 55.9 Å². The number of aromatic amines is 1. The molecule has 5 aliphatic rings. The highest BCUT2D eigenvalue weighted by molar-refractivity contribution is 6.66. The molecule has 2 aromatic rings. The van der Waals surface area contributed by atoms with Crippen LogP contribution < -0.4 is 10.8 Å². The molecule has 0 radical (unpaired) electrons. The predicted molar refractivity (Wildman–Crippen MR) is 95.4 cm³/mol. The second kappa shape index (κ2) is 4.65. The average Bonchev–Trinajstić information content (AvgIpc) is 3.03. The lowest BCUT2D eigenvalue weighted by Crippen LogP contribution is -2.59. The van der Waals surface area contributed by atoms with Crippen molar-refractivity contribution in [3.8, 4) is 0 Å². The van der Waals surface area contributed by atoms with Crippen LogP contribution in [0.15, 0.2) is 23.6 Å². The molecule has 0 aromatic carbocycles. The molecule has 3 heterocycles. The van der Waals surface area contributed by atoms with Gasteiger partial charge in [-0.15, -0.1) is 0 Å². The molecule has 25 heavy (non-hydrogen) atoms. The summed E-state index contributed by atoms with van der Waals surface area (Å²) in [5, 5.41) is 29.8. The Labute approximate surface area is 145 Å². The van der Waals surface area contributed by atoms with Crippen LogP contribution in [-0.4, -0.2) is 38.5 Å². The highest BCUT2D eigenvalue weighted by Gasteiger charge is 2.56. The largest absolute Gasteiger partial charge is 0.465 e. The molecule has 4 bridgehead atoms. The maximum Gasteiger partial charge on any atom is 0.465 e. The van der Waals surface area contributed by atoms with Gasteiger partial charge in [-0.25, -0.2) is 4.98 Å². The number of hydrogen-bond donors (Lipinski definition) is 4. The molecule has 7 rings (SSSR count). The highest BCUT2D eigenvalue weighted by atomic mass is 16.3. The summed E-state index contributed by atoms with van der Waals surface area (Å²) in [6, 6.07) is 2.03. The van der Waals surface area contributed by atoms with Crippen molar-refractivity contribution in [2.45, 2.75) is 37.7 Å². The normalized spacial score (nSPS) is 38.6. The van der Waals surface area contributed by atoms with Gasteiger partial charge in [-0.2, -0.15) is 5.10 Å². The Bertz CT molecular complexity index is 894. The number of aliphatic hydroxyl groups is 1. The molecular weight excluding hydrogens is 315 g/mol. The van der Waals surface area contributed by atoms with Crippen molar-refractivity contribution < 1.29 is 10.1 Å². The molecule has 6 nitrogen and oxygen atoms in total. The maximum atomic E-state index is 10.9. The molecule has 3 unspecified atom stereocenters. The third-order valence-electron chi connectivity index (χ3n) is 7.03. The van der Waals surface area contributed by atoms with Crippen LogP contribution in [0.4, 0.5) is 0 Å². The Hall–Kier alpha value is -1.86. The molecular formula is C18H21BN4O2. The minimum absolute atomic E-state index is 0.357. The summed E-state index contributed by atoms with van der Waals surface area (Å²) in [5.74, 6) is 2.01. The molecule has 1 aliphatic heterocycles. The first-order valence-corrected chi connectivity index (χ1v) is 9.31. The molecule has 4 saturated carbocycles. The van der Waals surface area contributed by atoms with Crippen molar-refractivity contribution in [3.05, 3.63) is 24.0 Å². The first kappa shape index (κ1) is 14.3. The van der Waals surface area contributed by atoms with Crippen LogP contribution in [0.2, 0.25) is 0 Å². The number of pyridine rings is 1. The van der Waals surface area contributed by atoms with E-state index in [0.717, 1.165) is 47.0 Å². The van der Waals surface area contributed by atoms with E-state index < -0.39 is 12.7 Å². The van der Waals surface area contributed by atoms with Gasteiger partial charge in [0.2, 0.25) is 0 Å². The second-order valence-corrected chi connectivity index (χ2v) is 8.58. The Kier molecular flexibility index (Phi) is 2.67. The summed E-state index contributed by atoms with van der Waals surface area (Å²) in [5.41, 5.74) is 3.30. The fourth-order valence-corrected chi connectivity index (χ4v) is 6.44. The van der Waals surface area contributed by atoms with Crippen molar-refractivity contribution in [1.82, 2.24) is 15.3 Å². The van der Waals surface area contributed by atoms with Crippen LogP contribution in [0.25, 0.3) is 11.0 Å². The van der Waals surface area contributed by atoms with Gasteiger partial charge in [0.25, 0.3) is 0 Å². The van der Waals surface area contributed by atoms with E-state index in [1.807, 2.05) is 12.3 Å². The Morgan fingerprint density at radius 2 is 2.00 bits per heavy atom. The molecule has 0 amide bonds. The van der Waals surface area contributed by atoms with E-state index in [1.54, 1.807) is 6.20 Å². The zero-order valence-corrected chi connectivity index (χ0v) is 13.9. The quantitative estimate of drug-likeness (QED) is 0.578. The van der Waals surface area contributed by atoms with Crippen LogP contribution in [-0.2, 0) is 0 Å². The van der Waals surface area contributed by atoms with Crippen LogP contribution in [0.5, 0.6) is 0 Å². The summed E-state index contributed by atoms with van der Waals surface area (Å²) in [6.07, 6.45) is 8.81. The standard InChI is InChI=1S/C18H21BN4O2/c24-18-5-9-3-10(6-18)14(11(4-9)7-18)16-15-12-1-2-20-17(12)21-8-13(15)19(25)23-22-16/h1-2,8-11,14,23-25H,3-7H2,(H,20,21)/t9?,10-,11+,14?,18?. The molecule has 2 aromatic heterocycles. The van der Waals surface area contributed by atoms with Crippen molar-refractivity contribution in [2.24, 2.45) is 28.8 Å². The third kappa shape index (κ3) is 1.88. The number of rotatable bonds is 1. The summed E-state index contributed by atoms with van der Waals surface area (Å²) in [4.78, 5) is 7.61. The summed E-state index contributed by atoms with van der Waals surface area (Å²) >= 11 is 0. The number of hydrazone groups is 1. The predicted octanol–water partition coefficient (Wildman–Crippen LogP) is 0.745. The van der Waals surface area contributed by atoms with Crippen LogP contribution in [0.3, 0.4) is 0 Å². The van der Waals surface area contributed by atoms with Crippen LogP contribution >= 0.6 is 0 Å². The summed E-state index contributed by atoms with van der Waals surface area (Å²) < 4.78 is 0. The van der Waals surface area contributed by atoms with E-state index in [2.05, 4.69) is 20.4 Å². The third-order valence-corrected chi connectivity index (χ3v) is 7.03. The topological polar surface area (TPSA) is 93.5 Å². The Morgan fingerprint density at radius 1 is 1.20 bits per heavy atom. The lowest BCUT2D eigenvalue weighted by Gasteiger charge is -2.58. The van der Waals surface area contributed by atoms with Gasteiger partial charge in [-0.1, -0.05) is 0 Å². The number of nitrogens with one attached hydrogen (secondary N) is 2. The zero-order chi connectivity index (χ0) is 16.8. The Morgan fingerprint density at radius 3 is 2.76 bits per heavy atom. The lowest BCUT2D eigenvalue weighted by atomic mass is 9.48. The van der Waals surface area contributed by atoms with Crippen LogP contribution in [0, 0.1) is 23.7 Å². The van der Waals surface area contributed by atoms with Crippen molar-refractivity contribution in [1.29, 1.82) is 0 Å². The molecule has 0 spiro atoms. The van der Waals surface area contributed by atoms with E-state index in [0.29, 0.717) is 23.7 Å². The molecule has 4 fully saturated rings. The van der Waals surface area contributed by atoms with Crippen LogP contribution in [0.1, 0.15) is 37.7 Å². The zero-order valence-electron chi connectivity index (χ0n) is 13.9. The fourth-order valence-electron chi connectivity index (χ4n) is 6.44. The van der Waals surface area contributed by atoms with Gasteiger partial charge in [0.15, 0.2) is 0 Å². The van der Waals surface area contributed by atoms with Gasteiger partial charge < -0.3 is 20.5 Å². The lowest BCUT2D eigenvalue weighted by molar-refractivity contribution is -0.137. The monoisotopic (exact) mass is 336 g/mol. The minimum Gasteiger partial charge on any atom is -0.428 e. The summed E-state index contributed by atoms with van der Waals surface area (Å²) in [7, 11) is -0.813. The molecule has 128 valence electrons. The molecule has 4 aliphatic carbocycles. The highest BCUT2D eigenvalue weighted by Crippen LogP contribution is 2.59. The number of H-pyrrole nitrogens is 1. The number of hydrogen-bond acceptors (Lipinski definition) is 5. The van der Waals surface area contributed by atoms with Gasteiger partial charge in [0.1, 0.15) is 5.65 Å². The van der Waals surface area contributed by atoms with E-state index >= 15 is 0 Å². The second-order valence-electron chi connectivity index (χ2n) is 8.58. The number of nitrogens with zero attached hydrogens (tertiary/aromatic N) is 2. The molecule has 0 saturated heterocycles. The minimum atomic E-state index is -0.813.